The fourth-order valence-electron chi connectivity index (χ4n) is 5.75. The quantitative estimate of drug-likeness (QED) is 0.402. The summed E-state index contributed by atoms with van der Waals surface area (Å²) in [5.74, 6) is -1.20. The predicted molar refractivity (Wildman–Crippen MR) is 108 cm³/mol. The number of likely N-dealkylation sites (tertiary alicyclic amines) is 1. The second-order valence-corrected chi connectivity index (χ2v) is 9.58. The van der Waals surface area contributed by atoms with E-state index in [0.717, 1.165) is 39.0 Å². The third kappa shape index (κ3) is 4.62. The normalized spacial score (nSPS) is 42.2. The van der Waals surface area contributed by atoms with Crippen LogP contribution >= 0.6 is 11.6 Å². The molecule has 0 aromatic rings. The summed E-state index contributed by atoms with van der Waals surface area (Å²) in [6.07, 6.45) is 1.43. The molecule has 1 aliphatic carbocycles. The molecule has 5 N–H and O–H groups in total. The Labute approximate surface area is 176 Å². The molecule has 4 rings (SSSR count). The Kier molecular flexibility index (Phi) is 6.78. The Balaban J connectivity index is 1.50. The third-order valence-corrected chi connectivity index (χ3v) is 7.88. The number of nitrogens with one attached hydrogen (secondary N) is 3. The lowest BCUT2D eigenvalue weighted by molar-refractivity contribution is -0.186. The zero-order valence-corrected chi connectivity index (χ0v) is 17.5. The number of alkyl halides is 4. The summed E-state index contributed by atoms with van der Waals surface area (Å²) in [4.78, 5) is 2.46. The molecule has 29 heavy (non-hydrogen) atoms. The molecular formula is C20H33ClF3N5. The van der Waals surface area contributed by atoms with Gasteiger partial charge >= 0.3 is 6.18 Å². The Bertz CT molecular complexity index is 601. The summed E-state index contributed by atoms with van der Waals surface area (Å²) in [6.45, 7) is 4.15. The second kappa shape index (κ2) is 9.01. The van der Waals surface area contributed by atoms with Gasteiger partial charge in [0.1, 0.15) is 0 Å². The molecule has 3 fully saturated rings. The minimum atomic E-state index is -4.23. The molecule has 3 aliphatic heterocycles. The highest BCUT2D eigenvalue weighted by atomic mass is 35.5. The van der Waals surface area contributed by atoms with Gasteiger partial charge in [-0.1, -0.05) is 11.6 Å². The van der Waals surface area contributed by atoms with Gasteiger partial charge in [-0.2, -0.15) is 13.2 Å². The standard InChI is InChI=1S/C20H33ClF3N5/c21-17-4-3-12(8-16(17)20(22,23)24)18-27-11-15(13-5-6-26-10-13)19(28-18)29-7-1-2-14(29)9-25/h5,12,14-19,26-28H,1-4,6-11,25H2/t12?,14-,15?,16?,17?,18?,19?/m0/s1. The minimum Gasteiger partial charge on any atom is -0.329 e. The predicted octanol–water partition coefficient (Wildman–Crippen LogP) is 1.99. The van der Waals surface area contributed by atoms with Crippen LogP contribution in [0.1, 0.15) is 32.1 Å². The highest BCUT2D eigenvalue weighted by Crippen LogP contribution is 2.44. The topological polar surface area (TPSA) is 65.3 Å². The summed E-state index contributed by atoms with van der Waals surface area (Å²) in [6, 6.07) is 0.338. The van der Waals surface area contributed by atoms with E-state index >= 15 is 0 Å². The van der Waals surface area contributed by atoms with Crippen LogP contribution in [0.15, 0.2) is 11.6 Å². The molecule has 6 unspecified atom stereocenters. The highest BCUT2D eigenvalue weighted by Gasteiger charge is 2.50. The molecule has 5 nitrogen and oxygen atoms in total. The van der Waals surface area contributed by atoms with Gasteiger partial charge in [-0.3, -0.25) is 10.2 Å². The highest BCUT2D eigenvalue weighted by molar-refractivity contribution is 6.20. The SMILES string of the molecule is NC[C@@H]1CCCN1C1NC(C2CCC(Cl)C(C(F)(F)F)C2)NCC1C1=CCNC1. The lowest BCUT2D eigenvalue weighted by Gasteiger charge is -2.48. The average Bonchev–Trinajstić information content (AvgIpc) is 3.38. The molecule has 0 amide bonds. The van der Waals surface area contributed by atoms with Crippen LogP contribution in [0.4, 0.5) is 13.2 Å². The summed E-state index contributed by atoms with van der Waals surface area (Å²) in [5, 5.41) is 9.83. The smallest absolute Gasteiger partial charge is 0.329 e. The first kappa shape index (κ1) is 21.8. The zero-order valence-electron chi connectivity index (χ0n) is 16.7. The second-order valence-electron chi connectivity index (χ2n) is 9.02. The molecule has 0 aromatic carbocycles. The van der Waals surface area contributed by atoms with E-state index in [1.807, 2.05) is 0 Å². The van der Waals surface area contributed by atoms with Crippen molar-refractivity contribution in [2.45, 2.75) is 62.0 Å². The van der Waals surface area contributed by atoms with Gasteiger partial charge in [0.15, 0.2) is 0 Å². The number of hydrogen-bond acceptors (Lipinski definition) is 5. The Hall–Kier alpha value is -0.380. The molecule has 4 aliphatic rings. The lowest BCUT2D eigenvalue weighted by atomic mass is 9.78. The van der Waals surface area contributed by atoms with Gasteiger partial charge in [-0.15, -0.1) is 11.6 Å². The van der Waals surface area contributed by atoms with E-state index in [2.05, 4.69) is 26.9 Å². The van der Waals surface area contributed by atoms with Crippen molar-refractivity contribution in [3.8, 4) is 0 Å². The van der Waals surface area contributed by atoms with Crippen LogP contribution in [0.3, 0.4) is 0 Å². The van der Waals surface area contributed by atoms with Gasteiger partial charge in [-0.05, 0) is 38.0 Å². The van der Waals surface area contributed by atoms with Crippen LogP contribution in [0.2, 0.25) is 0 Å². The van der Waals surface area contributed by atoms with Crippen LogP contribution < -0.4 is 21.7 Å². The third-order valence-electron chi connectivity index (χ3n) is 7.35. The van der Waals surface area contributed by atoms with E-state index in [-0.39, 0.29) is 24.7 Å². The number of rotatable bonds is 4. The summed E-state index contributed by atoms with van der Waals surface area (Å²) >= 11 is 6.05. The first-order chi connectivity index (χ1) is 13.9. The molecule has 9 heteroatoms. The number of hydrogen-bond donors (Lipinski definition) is 4. The molecule has 7 atom stereocenters. The molecule has 0 radical (unpaired) electrons. The van der Waals surface area contributed by atoms with Crippen molar-refractivity contribution in [2.75, 3.05) is 32.7 Å². The van der Waals surface area contributed by atoms with E-state index in [0.29, 0.717) is 31.3 Å². The molecule has 0 bridgehead atoms. The summed E-state index contributed by atoms with van der Waals surface area (Å²) in [5.41, 5.74) is 7.42. The molecule has 1 saturated carbocycles. The molecule has 0 spiro atoms. The van der Waals surface area contributed by atoms with E-state index in [1.54, 1.807) is 0 Å². The maximum absolute atomic E-state index is 13.5. The number of nitrogens with two attached hydrogens (primary N) is 1. The summed E-state index contributed by atoms with van der Waals surface area (Å²) < 4.78 is 40.4. The molecule has 166 valence electrons. The molecule has 2 saturated heterocycles. The number of halogens is 4. The monoisotopic (exact) mass is 435 g/mol. The first-order valence-corrected chi connectivity index (χ1v) is 11.4. The van der Waals surface area contributed by atoms with Crippen molar-refractivity contribution >= 4 is 11.6 Å². The fraction of sp³-hybridized carbons (Fsp3) is 0.900. The van der Waals surface area contributed by atoms with Crippen LogP contribution in [0.5, 0.6) is 0 Å². The Morgan fingerprint density at radius 1 is 1.24 bits per heavy atom. The van der Waals surface area contributed by atoms with Crippen LogP contribution in [-0.4, -0.2) is 67.6 Å². The largest absolute Gasteiger partial charge is 0.393 e. The van der Waals surface area contributed by atoms with Crippen molar-refractivity contribution in [3.05, 3.63) is 11.6 Å². The number of nitrogens with zero attached hydrogens (tertiary/aromatic N) is 1. The van der Waals surface area contributed by atoms with Crippen LogP contribution in [0, 0.1) is 17.8 Å². The van der Waals surface area contributed by atoms with Gasteiger partial charge in [-0.25, -0.2) is 0 Å². The Morgan fingerprint density at radius 3 is 2.76 bits per heavy atom. The lowest BCUT2D eigenvalue weighted by Crippen LogP contribution is -2.68. The van der Waals surface area contributed by atoms with Crippen LogP contribution in [0.25, 0.3) is 0 Å². The zero-order chi connectivity index (χ0) is 20.6. The summed E-state index contributed by atoms with van der Waals surface area (Å²) in [7, 11) is 0. The van der Waals surface area contributed by atoms with Crippen molar-refractivity contribution in [1.29, 1.82) is 0 Å². The maximum Gasteiger partial charge on any atom is 0.393 e. The molecular weight excluding hydrogens is 403 g/mol. The van der Waals surface area contributed by atoms with Crippen molar-refractivity contribution in [3.63, 3.8) is 0 Å². The van der Waals surface area contributed by atoms with E-state index in [9.17, 15) is 13.2 Å². The van der Waals surface area contributed by atoms with E-state index in [1.165, 1.54) is 5.57 Å². The van der Waals surface area contributed by atoms with Gasteiger partial charge in [0, 0.05) is 50.1 Å². The van der Waals surface area contributed by atoms with Gasteiger partial charge in [0.05, 0.1) is 18.2 Å². The maximum atomic E-state index is 13.5. The minimum absolute atomic E-state index is 0.0744. The Morgan fingerprint density at radius 2 is 2.07 bits per heavy atom. The van der Waals surface area contributed by atoms with E-state index < -0.39 is 17.5 Å². The van der Waals surface area contributed by atoms with Gasteiger partial charge < -0.3 is 16.4 Å². The van der Waals surface area contributed by atoms with Crippen LogP contribution in [-0.2, 0) is 0 Å². The molecule has 0 aromatic heterocycles. The van der Waals surface area contributed by atoms with Gasteiger partial charge in [0.25, 0.3) is 0 Å². The fourth-order valence-corrected chi connectivity index (χ4v) is 6.12. The molecule has 3 heterocycles. The van der Waals surface area contributed by atoms with Crippen molar-refractivity contribution < 1.29 is 13.2 Å². The average molecular weight is 436 g/mol. The van der Waals surface area contributed by atoms with Crippen molar-refractivity contribution in [2.24, 2.45) is 23.5 Å². The van der Waals surface area contributed by atoms with Gasteiger partial charge in [0.2, 0.25) is 0 Å². The van der Waals surface area contributed by atoms with Crippen molar-refractivity contribution in [1.82, 2.24) is 20.9 Å². The van der Waals surface area contributed by atoms with E-state index in [4.69, 9.17) is 17.3 Å². The first-order valence-electron chi connectivity index (χ1n) is 10.9.